The fourth-order valence-corrected chi connectivity index (χ4v) is 1.35. The number of hydrogen-bond acceptors (Lipinski definition) is 1. The van der Waals surface area contributed by atoms with Crippen molar-refractivity contribution in [3.8, 4) is 0 Å². The molecular weight excluding hydrogens is 260 g/mol. The van der Waals surface area contributed by atoms with E-state index in [0.29, 0.717) is 6.07 Å². The van der Waals surface area contributed by atoms with E-state index in [1.807, 2.05) is 0 Å². The number of rotatable bonds is 3. The molecule has 0 aliphatic rings. The molecule has 0 aliphatic carbocycles. The van der Waals surface area contributed by atoms with E-state index in [-0.39, 0.29) is 11.6 Å². The molecule has 0 heterocycles. The lowest BCUT2D eigenvalue weighted by Gasteiger charge is -2.23. The largest absolute Gasteiger partial charge is 0.416 e. The molecule has 0 radical (unpaired) electrons. The summed E-state index contributed by atoms with van der Waals surface area (Å²) in [4.78, 5) is 0. The fourth-order valence-electron chi connectivity index (χ4n) is 1.35. The van der Waals surface area contributed by atoms with Gasteiger partial charge >= 0.3 is 6.18 Å². The Balaban J connectivity index is 3.01. The lowest BCUT2D eigenvalue weighted by atomic mass is 9.93. The van der Waals surface area contributed by atoms with E-state index in [0.717, 1.165) is 13.0 Å². The molecule has 0 aromatic heterocycles. The van der Waals surface area contributed by atoms with Crippen LogP contribution in [-0.2, 0) is 12.6 Å². The van der Waals surface area contributed by atoms with E-state index in [2.05, 4.69) is 0 Å². The second kappa shape index (κ2) is 4.79. The van der Waals surface area contributed by atoms with Gasteiger partial charge in [0.05, 0.1) is 11.1 Å². The number of benzene rings is 1. The monoisotopic (exact) mass is 271 g/mol. The van der Waals surface area contributed by atoms with E-state index >= 15 is 0 Å². The summed E-state index contributed by atoms with van der Waals surface area (Å²) in [5.41, 5.74) is 1.82. The van der Waals surface area contributed by atoms with Crippen molar-refractivity contribution in [2.24, 2.45) is 5.73 Å². The van der Waals surface area contributed by atoms with Crippen molar-refractivity contribution in [3.05, 3.63) is 35.1 Å². The molecule has 0 saturated carbocycles. The lowest BCUT2D eigenvalue weighted by Crippen LogP contribution is -2.46. The normalized spacial score (nSPS) is 15.8. The minimum atomic E-state index is -4.67. The predicted octanol–water partition coefficient (Wildman–Crippen LogP) is 3.37. The second-order valence-corrected chi connectivity index (χ2v) is 4.29. The maximum atomic E-state index is 13.4. The first-order valence-corrected chi connectivity index (χ1v) is 4.96. The van der Waals surface area contributed by atoms with Crippen LogP contribution in [0, 0.1) is 5.82 Å². The van der Waals surface area contributed by atoms with E-state index in [9.17, 15) is 26.3 Å². The Morgan fingerprint density at radius 2 is 1.78 bits per heavy atom. The van der Waals surface area contributed by atoms with E-state index in [1.54, 1.807) is 0 Å². The molecule has 0 fully saturated rings. The van der Waals surface area contributed by atoms with Crippen molar-refractivity contribution < 1.29 is 26.3 Å². The van der Waals surface area contributed by atoms with Crippen LogP contribution in [0.2, 0.25) is 0 Å². The van der Waals surface area contributed by atoms with Crippen LogP contribution in [0.15, 0.2) is 18.2 Å². The topological polar surface area (TPSA) is 26.0 Å². The maximum absolute atomic E-state index is 13.4. The van der Waals surface area contributed by atoms with E-state index in [1.165, 1.54) is 0 Å². The standard InChI is InChI=1S/C11H11F6N/c1-10(18,9(13)14)5-6-2-3-7(4-8(6)12)11(15,16)17/h2-4,9H,5,18H2,1H3. The van der Waals surface area contributed by atoms with Gasteiger partial charge in [-0.05, 0) is 31.0 Å². The summed E-state index contributed by atoms with van der Waals surface area (Å²) in [5, 5.41) is 0. The van der Waals surface area contributed by atoms with Gasteiger partial charge in [0, 0.05) is 0 Å². The van der Waals surface area contributed by atoms with Crippen molar-refractivity contribution in [1.29, 1.82) is 0 Å². The summed E-state index contributed by atoms with van der Waals surface area (Å²) >= 11 is 0. The third kappa shape index (κ3) is 3.38. The average molecular weight is 271 g/mol. The molecule has 1 aromatic carbocycles. The molecular formula is C11H11F6N. The number of halogens is 6. The van der Waals surface area contributed by atoms with Crippen molar-refractivity contribution in [1.82, 2.24) is 0 Å². The molecule has 1 nitrogen and oxygen atoms in total. The maximum Gasteiger partial charge on any atom is 0.416 e. The number of alkyl halides is 5. The van der Waals surface area contributed by atoms with Gasteiger partial charge in [-0.1, -0.05) is 6.07 Å². The molecule has 0 saturated heterocycles. The Bertz CT molecular complexity index is 424. The molecule has 2 N–H and O–H groups in total. The summed E-state index contributed by atoms with van der Waals surface area (Å²) in [6.45, 7) is 1.01. The lowest BCUT2D eigenvalue weighted by molar-refractivity contribution is -0.137. The van der Waals surface area contributed by atoms with Crippen LogP contribution in [0.25, 0.3) is 0 Å². The van der Waals surface area contributed by atoms with Gasteiger partial charge < -0.3 is 5.73 Å². The molecule has 7 heteroatoms. The summed E-state index contributed by atoms with van der Waals surface area (Å²) in [6, 6.07) is 1.74. The molecule has 0 bridgehead atoms. The van der Waals surface area contributed by atoms with Crippen molar-refractivity contribution in [2.75, 3.05) is 0 Å². The predicted molar refractivity (Wildman–Crippen MR) is 53.7 cm³/mol. The zero-order chi connectivity index (χ0) is 14.1. The third-order valence-corrected chi connectivity index (χ3v) is 2.45. The molecule has 1 atom stereocenters. The summed E-state index contributed by atoms with van der Waals surface area (Å²) < 4.78 is 75.1. The first kappa shape index (κ1) is 14.8. The van der Waals surface area contributed by atoms with Gasteiger partial charge in [0.2, 0.25) is 0 Å². The van der Waals surface area contributed by atoms with Gasteiger partial charge in [0.15, 0.2) is 0 Å². The van der Waals surface area contributed by atoms with Crippen LogP contribution in [0.5, 0.6) is 0 Å². The zero-order valence-electron chi connectivity index (χ0n) is 9.36. The highest BCUT2D eigenvalue weighted by molar-refractivity contribution is 5.27. The van der Waals surface area contributed by atoms with Crippen molar-refractivity contribution in [3.63, 3.8) is 0 Å². The Labute approximate surface area is 99.6 Å². The quantitative estimate of drug-likeness (QED) is 0.838. The van der Waals surface area contributed by atoms with Crippen LogP contribution >= 0.6 is 0 Å². The fraction of sp³-hybridized carbons (Fsp3) is 0.455. The van der Waals surface area contributed by atoms with Crippen molar-refractivity contribution >= 4 is 0 Å². The van der Waals surface area contributed by atoms with E-state index < -0.39 is 35.9 Å². The van der Waals surface area contributed by atoms with Gasteiger partial charge in [-0.15, -0.1) is 0 Å². The molecule has 18 heavy (non-hydrogen) atoms. The average Bonchev–Trinajstić information content (AvgIpc) is 2.19. The van der Waals surface area contributed by atoms with E-state index in [4.69, 9.17) is 5.73 Å². The molecule has 0 amide bonds. The summed E-state index contributed by atoms with van der Waals surface area (Å²) in [5.74, 6) is -1.19. The summed E-state index contributed by atoms with van der Waals surface area (Å²) in [7, 11) is 0. The molecule has 1 unspecified atom stereocenters. The molecule has 102 valence electrons. The Morgan fingerprint density at radius 1 is 1.22 bits per heavy atom. The zero-order valence-corrected chi connectivity index (χ0v) is 9.36. The first-order chi connectivity index (χ1) is 8.04. The smallest absolute Gasteiger partial charge is 0.320 e. The van der Waals surface area contributed by atoms with Crippen molar-refractivity contribution in [2.45, 2.75) is 31.5 Å². The molecule has 1 aromatic rings. The van der Waals surface area contributed by atoms with Gasteiger partial charge in [-0.2, -0.15) is 13.2 Å². The SMILES string of the molecule is CC(N)(Cc1ccc(C(F)(F)F)cc1F)C(F)F. The van der Waals surface area contributed by atoms with Crippen LogP contribution in [0.3, 0.4) is 0 Å². The Kier molecular flexibility index (Phi) is 3.95. The minimum Gasteiger partial charge on any atom is -0.320 e. The Hall–Kier alpha value is -1.24. The van der Waals surface area contributed by atoms with Crippen LogP contribution < -0.4 is 5.73 Å². The van der Waals surface area contributed by atoms with Gasteiger partial charge in [-0.3, -0.25) is 0 Å². The molecule has 0 spiro atoms. The van der Waals surface area contributed by atoms with Gasteiger partial charge in [-0.25, -0.2) is 13.2 Å². The Morgan fingerprint density at radius 3 is 2.17 bits per heavy atom. The highest BCUT2D eigenvalue weighted by atomic mass is 19.4. The highest BCUT2D eigenvalue weighted by Gasteiger charge is 2.34. The molecule has 0 aliphatic heterocycles. The third-order valence-electron chi connectivity index (χ3n) is 2.45. The van der Waals surface area contributed by atoms with Crippen LogP contribution in [0.1, 0.15) is 18.1 Å². The second-order valence-electron chi connectivity index (χ2n) is 4.29. The first-order valence-electron chi connectivity index (χ1n) is 4.96. The molecule has 1 rings (SSSR count). The summed E-state index contributed by atoms with van der Waals surface area (Å²) in [6.07, 6.45) is -8.12. The van der Waals surface area contributed by atoms with Gasteiger partial charge in [0.25, 0.3) is 6.43 Å². The van der Waals surface area contributed by atoms with Gasteiger partial charge in [0.1, 0.15) is 5.82 Å². The van der Waals surface area contributed by atoms with Crippen LogP contribution in [0.4, 0.5) is 26.3 Å². The minimum absolute atomic E-state index is 0.270. The highest BCUT2D eigenvalue weighted by Crippen LogP contribution is 2.31. The number of nitrogens with two attached hydrogens (primary N) is 1. The number of hydrogen-bond donors (Lipinski definition) is 1. The van der Waals surface area contributed by atoms with Crippen LogP contribution in [-0.4, -0.2) is 12.0 Å².